The van der Waals surface area contributed by atoms with E-state index in [9.17, 15) is 4.39 Å². The van der Waals surface area contributed by atoms with E-state index in [-0.39, 0.29) is 11.4 Å². The molecule has 1 heterocycles. The predicted molar refractivity (Wildman–Crippen MR) is 96.2 cm³/mol. The van der Waals surface area contributed by atoms with Gasteiger partial charge in [-0.25, -0.2) is 4.39 Å². The summed E-state index contributed by atoms with van der Waals surface area (Å²) in [6, 6.07) is 14.8. The van der Waals surface area contributed by atoms with Crippen LogP contribution in [-0.4, -0.2) is 10.9 Å². The summed E-state index contributed by atoms with van der Waals surface area (Å²) in [6.45, 7) is 2.78. The maximum absolute atomic E-state index is 12.9. The van der Waals surface area contributed by atoms with Crippen LogP contribution in [0.3, 0.4) is 0 Å². The highest BCUT2D eigenvalue weighted by molar-refractivity contribution is 8.13. The van der Waals surface area contributed by atoms with Gasteiger partial charge in [0.1, 0.15) is 5.82 Å². The summed E-state index contributed by atoms with van der Waals surface area (Å²) >= 11 is 1.61. The number of thioether (sulfide) groups is 1. The summed E-state index contributed by atoms with van der Waals surface area (Å²) in [7, 11) is 0. The van der Waals surface area contributed by atoms with Gasteiger partial charge in [-0.2, -0.15) is 0 Å². The molecule has 0 aliphatic carbocycles. The van der Waals surface area contributed by atoms with E-state index in [0.717, 1.165) is 29.0 Å². The van der Waals surface area contributed by atoms with Crippen molar-refractivity contribution in [3.8, 4) is 0 Å². The van der Waals surface area contributed by atoms with Crippen LogP contribution in [0, 0.1) is 5.82 Å². The van der Waals surface area contributed by atoms with E-state index < -0.39 is 0 Å². The molecule has 0 radical (unpaired) electrons. The van der Waals surface area contributed by atoms with E-state index in [1.165, 1.54) is 12.1 Å². The van der Waals surface area contributed by atoms with Crippen molar-refractivity contribution in [1.82, 2.24) is 0 Å². The number of rotatable bonds is 4. The Morgan fingerprint density at radius 1 is 1.26 bits per heavy atom. The molecule has 2 aromatic rings. The van der Waals surface area contributed by atoms with Crippen LogP contribution >= 0.6 is 11.8 Å². The first-order valence-electron chi connectivity index (χ1n) is 7.62. The molecule has 5 heteroatoms. The second-order valence-electron chi connectivity index (χ2n) is 5.88. The monoisotopic (exact) mass is 329 g/mol. The molecule has 0 fully saturated rings. The lowest BCUT2D eigenvalue weighted by Gasteiger charge is -2.30. The first-order chi connectivity index (χ1) is 11.0. The third-order valence-corrected chi connectivity index (χ3v) is 4.89. The van der Waals surface area contributed by atoms with Gasteiger partial charge in [0.05, 0.1) is 5.54 Å². The van der Waals surface area contributed by atoms with Gasteiger partial charge in [0.2, 0.25) is 0 Å². The van der Waals surface area contributed by atoms with Crippen molar-refractivity contribution in [1.29, 1.82) is 0 Å². The average molecular weight is 329 g/mol. The number of aliphatic imine (C=N–C) groups is 1. The van der Waals surface area contributed by atoms with Crippen LogP contribution in [-0.2, 0) is 12.1 Å². The number of hydrogen-bond acceptors (Lipinski definition) is 4. The highest BCUT2D eigenvalue weighted by Crippen LogP contribution is 2.35. The molecule has 1 atom stereocenters. The van der Waals surface area contributed by atoms with Crippen LogP contribution in [0.2, 0.25) is 0 Å². The molecule has 0 saturated heterocycles. The van der Waals surface area contributed by atoms with E-state index in [4.69, 9.17) is 5.73 Å². The number of nitrogens with two attached hydrogens (primary N) is 1. The smallest absolute Gasteiger partial charge is 0.154 e. The van der Waals surface area contributed by atoms with Crippen molar-refractivity contribution >= 4 is 22.6 Å². The number of anilines is 1. The zero-order valence-electron chi connectivity index (χ0n) is 13.1. The van der Waals surface area contributed by atoms with Crippen LogP contribution in [0.25, 0.3) is 0 Å². The van der Waals surface area contributed by atoms with E-state index in [0.29, 0.717) is 11.7 Å². The summed E-state index contributed by atoms with van der Waals surface area (Å²) in [5, 5.41) is 4.04. The Labute approximate surface area is 140 Å². The van der Waals surface area contributed by atoms with Crippen molar-refractivity contribution < 1.29 is 4.39 Å². The quantitative estimate of drug-likeness (QED) is 0.888. The Hall–Kier alpha value is -2.01. The zero-order valence-corrected chi connectivity index (χ0v) is 13.9. The first kappa shape index (κ1) is 15.9. The van der Waals surface area contributed by atoms with Gasteiger partial charge in [-0.1, -0.05) is 36.0 Å². The molecule has 3 rings (SSSR count). The molecule has 1 unspecified atom stereocenters. The third-order valence-electron chi connectivity index (χ3n) is 4.09. The van der Waals surface area contributed by atoms with Crippen molar-refractivity contribution in [3.05, 3.63) is 65.5 Å². The van der Waals surface area contributed by atoms with E-state index in [2.05, 4.69) is 29.4 Å². The lowest BCUT2D eigenvalue weighted by molar-refractivity contribution is 0.482. The molecule has 3 nitrogen and oxygen atoms in total. The van der Waals surface area contributed by atoms with Gasteiger partial charge in [0.25, 0.3) is 0 Å². The molecule has 0 aromatic heterocycles. The highest BCUT2D eigenvalue weighted by Gasteiger charge is 2.29. The fourth-order valence-corrected chi connectivity index (χ4v) is 3.64. The molecule has 1 aliphatic heterocycles. The Balaban J connectivity index is 1.75. The van der Waals surface area contributed by atoms with Crippen LogP contribution in [0.5, 0.6) is 0 Å². The van der Waals surface area contributed by atoms with Crippen LogP contribution in [0.4, 0.5) is 10.1 Å². The molecule has 1 aliphatic rings. The van der Waals surface area contributed by atoms with E-state index in [1.54, 1.807) is 23.9 Å². The molecule has 2 aromatic carbocycles. The topological polar surface area (TPSA) is 50.4 Å². The van der Waals surface area contributed by atoms with Gasteiger partial charge >= 0.3 is 0 Å². The number of nitrogens with one attached hydrogen (secondary N) is 1. The van der Waals surface area contributed by atoms with Gasteiger partial charge < -0.3 is 11.1 Å². The van der Waals surface area contributed by atoms with Gasteiger partial charge in [-0.15, -0.1) is 0 Å². The summed E-state index contributed by atoms with van der Waals surface area (Å²) in [5.74, 6) is 0.772. The largest absolute Gasteiger partial charge is 0.381 e. The fraction of sp³-hybridized carbons (Fsp3) is 0.278. The first-order valence-corrected chi connectivity index (χ1v) is 8.61. The maximum atomic E-state index is 12.9. The standard InChI is InChI=1S/C18H20FN3S/c1-18(9-10-23-17(20)22-18)14-3-2-4-16(11-14)21-12-13-5-7-15(19)8-6-13/h2-8,11,21H,9-10,12H2,1H3,(H2,20,22). The van der Waals surface area contributed by atoms with E-state index in [1.807, 2.05) is 12.1 Å². The summed E-state index contributed by atoms with van der Waals surface area (Å²) < 4.78 is 12.9. The minimum Gasteiger partial charge on any atom is -0.381 e. The molecule has 0 saturated carbocycles. The molecule has 0 spiro atoms. The van der Waals surface area contributed by atoms with Gasteiger partial charge in [0.15, 0.2) is 5.17 Å². The molecule has 23 heavy (non-hydrogen) atoms. The SMILES string of the molecule is CC1(c2cccc(NCc3ccc(F)cc3)c2)CCSC(N)=N1. The summed E-state index contributed by atoms with van der Waals surface area (Å²) in [4.78, 5) is 4.64. The summed E-state index contributed by atoms with van der Waals surface area (Å²) in [6.07, 6.45) is 0.972. The van der Waals surface area contributed by atoms with Crippen molar-refractivity contribution in [2.75, 3.05) is 11.1 Å². The Kier molecular flexibility index (Phi) is 4.57. The molecular weight excluding hydrogens is 309 g/mol. The average Bonchev–Trinajstić information content (AvgIpc) is 2.54. The normalized spacial score (nSPS) is 20.9. The zero-order chi connectivity index (χ0) is 16.3. The van der Waals surface area contributed by atoms with Crippen molar-refractivity contribution in [2.45, 2.75) is 25.4 Å². The number of nitrogens with zero attached hydrogens (tertiary/aromatic N) is 1. The Morgan fingerprint density at radius 3 is 2.78 bits per heavy atom. The number of halogens is 1. The van der Waals surface area contributed by atoms with Gasteiger partial charge in [-0.05, 0) is 48.7 Å². The molecule has 0 bridgehead atoms. The lowest BCUT2D eigenvalue weighted by Crippen LogP contribution is -2.28. The van der Waals surface area contributed by atoms with Crippen molar-refractivity contribution in [2.24, 2.45) is 10.7 Å². The van der Waals surface area contributed by atoms with E-state index >= 15 is 0 Å². The molecule has 0 amide bonds. The molecular formula is C18H20FN3S. The Morgan fingerprint density at radius 2 is 2.04 bits per heavy atom. The van der Waals surface area contributed by atoms with Crippen LogP contribution in [0.1, 0.15) is 24.5 Å². The van der Waals surface area contributed by atoms with Gasteiger partial charge in [-0.3, -0.25) is 4.99 Å². The number of hydrogen-bond donors (Lipinski definition) is 2. The Bertz CT molecular complexity index is 714. The highest BCUT2D eigenvalue weighted by atomic mass is 32.2. The second kappa shape index (κ2) is 6.62. The summed E-state index contributed by atoms with van der Waals surface area (Å²) in [5.41, 5.74) is 8.86. The third kappa shape index (κ3) is 3.85. The van der Waals surface area contributed by atoms with Crippen LogP contribution in [0.15, 0.2) is 53.5 Å². The molecule has 120 valence electrons. The minimum atomic E-state index is -0.261. The van der Waals surface area contributed by atoms with Crippen molar-refractivity contribution in [3.63, 3.8) is 0 Å². The fourth-order valence-electron chi connectivity index (χ4n) is 2.67. The van der Waals surface area contributed by atoms with Gasteiger partial charge in [0, 0.05) is 18.0 Å². The molecule has 3 N–H and O–H groups in total. The number of benzene rings is 2. The predicted octanol–water partition coefficient (Wildman–Crippen LogP) is 4.10. The minimum absolute atomic E-state index is 0.214. The number of amidine groups is 1. The second-order valence-corrected chi connectivity index (χ2v) is 7.00. The lowest BCUT2D eigenvalue weighted by atomic mass is 9.89. The van der Waals surface area contributed by atoms with Crippen LogP contribution < -0.4 is 11.1 Å². The maximum Gasteiger partial charge on any atom is 0.154 e.